The number of hydrogen-bond donors (Lipinski definition) is 2. The minimum absolute atomic E-state index is 0.0632. The Morgan fingerprint density at radius 1 is 1.06 bits per heavy atom. The van der Waals surface area contributed by atoms with Gasteiger partial charge in [0.25, 0.3) is 0 Å². The molecule has 6 nitrogen and oxygen atoms in total. The molecule has 0 radical (unpaired) electrons. The molecule has 4 aromatic rings. The van der Waals surface area contributed by atoms with E-state index in [0.29, 0.717) is 17.1 Å². The monoisotopic (exact) mass is 470 g/mol. The van der Waals surface area contributed by atoms with Gasteiger partial charge in [-0.3, -0.25) is 0 Å². The first-order valence-electron chi connectivity index (χ1n) is 10.8. The second-order valence-corrected chi connectivity index (χ2v) is 8.42. The number of alkyl halides is 3. The van der Waals surface area contributed by atoms with Crippen LogP contribution in [-0.4, -0.2) is 25.8 Å². The number of benzene rings is 2. The average molecular weight is 470 g/mol. The first kappa shape index (κ1) is 23.6. The summed E-state index contributed by atoms with van der Waals surface area (Å²) in [5, 5.41) is 10.4. The van der Waals surface area contributed by atoms with E-state index in [4.69, 9.17) is 10.5 Å². The molecule has 2 heterocycles. The molecule has 178 valence electrons. The van der Waals surface area contributed by atoms with Gasteiger partial charge in [-0.25, -0.2) is 9.97 Å². The second kappa shape index (κ2) is 8.98. The van der Waals surface area contributed by atoms with Crippen LogP contribution >= 0.6 is 0 Å². The predicted molar refractivity (Wildman–Crippen MR) is 125 cm³/mol. The van der Waals surface area contributed by atoms with Crippen LogP contribution in [0, 0.1) is 0 Å². The SMILES string of the molecule is CC(C)n1cc(-c2ccc(Oc3cc(C(C)C(F)(F)F)ccc3CO)cc2)c2c(N)ncnc21. The molecule has 0 aliphatic heterocycles. The van der Waals surface area contributed by atoms with Crippen molar-refractivity contribution in [3.05, 3.63) is 66.1 Å². The lowest BCUT2D eigenvalue weighted by molar-refractivity contribution is -0.146. The lowest BCUT2D eigenvalue weighted by Crippen LogP contribution is -2.17. The molecule has 0 aliphatic rings. The largest absolute Gasteiger partial charge is 0.457 e. The Morgan fingerprint density at radius 2 is 1.76 bits per heavy atom. The van der Waals surface area contributed by atoms with Crippen molar-refractivity contribution >= 4 is 16.9 Å². The van der Waals surface area contributed by atoms with E-state index in [1.165, 1.54) is 24.5 Å². The first-order chi connectivity index (χ1) is 16.1. The normalized spacial score (nSPS) is 12.9. The molecule has 4 rings (SSSR count). The smallest absolute Gasteiger partial charge is 0.395 e. The summed E-state index contributed by atoms with van der Waals surface area (Å²) >= 11 is 0. The number of fused-ring (bicyclic) bond motifs is 1. The zero-order valence-corrected chi connectivity index (χ0v) is 19.0. The van der Waals surface area contributed by atoms with E-state index in [9.17, 15) is 18.3 Å². The van der Waals surface area contributed by atoms with Crippen LogP contribution in [0.25, 0.3) is 22.2 Å². The number of hydrogen-bond acceptors (Lipinski definition) is 5. The van der Waals surface area contributed by atoms with E-state index in [2.05, 4.69) is 9.97 Å². The van der Waals surface area contributed by atoms with Gasteiger partial charge in [0.2, 0.25) is 0 Å². The highest BCUT2D eigenvalue weighted by atomic mass is 19.4. The van der Waals surface area contributed by atoms with Crippen LogP contribution in [0.2, 0.25) is 0 Å². The molecular weight excluding hydrogens is 445 g/mol. The summed E-state index contributed by atoms with van der Waals surface area (Å²) in [5.41, 5.74) is 9.07. The van der Waals surface area contributed by atoms with Gasteiger partial charge < -0.3 is 20.1 Å². The molecule has 1 unspecified atom stereocenters. The Hall–Kier alpha value is -3.59. The fourth-order valence-corrected chi connectivity index (χ4v) is 3.81. The van der Waals surface area contributed by atoms with Crippen molar-refractivity contribution in [3.8, 4) is 22.6 Å². The summed E-state index contributed by atoms with van der Waals surface area (Å²) in [4.78, 5) is 8.51. The number of aliphatic hydroxyl groups excluding tert-OH is 1. The highest BCUT2D eigenvalue weighted by Gasteiger charge is 2.37. The first-order valence-corrected chi connectivity index (χ1v) is 10.8. The molecule has 0 amide bonds. The van der Waals surface area contributed by atoms with Crippen molar-refractivity contribution in [1.82, 2.24) is 14.5 Å². The molecule has 0 bridgehead atoms. The fraction of sp³-hybridized carbons (Fsp3) is 0.280. The van der Waals surface area contributed by atoms with E-state index in [0.717, 1.165) is 29.1 Å². The zero-order chi connectivity index (χ0) is 24.6. The Balaban J connectivity index is 1.68. The van der Waals surface area contributed by atoms with Crippen LogP contribution < -0.4 is 10.5 Å². The van der Waals surface area contributed by atoms with E-state index in [1.54, 1.807) is 12.1 Å². The number of nitrogens with zero attached hydrogens (tertiary/aromatic N) is 3. The molecule has 0 fully saturated rings. The minimum Gasteiger partial charge on any atom is -0.457 e. The van der Waals surface area contributed by atoms with Gasteiger partial charge in [-0.15, -0.1) is 0 Å². The Kier molecular flexibility index (Phi) is 6.22. The van der Waals surface area contributed by atoms with Gasteiger partial charge in [0, 0.05) is 23.4 Å². The third kappa shape index (κ3) is 4.43. The number of aliphatic hydroxyl groups is 1. The maximum atomic E-state index is 13.2. The number of nitrogen functional groups attached to an aromatic ring is 1. The van der Waals surface area contributed by atoms with Gasteiger partial charge in [0.05, 0.1) is 17.9 Å². The molecule has 0 saturated heterocycles. The van der Waals surface area contributed by atoms with Crippen LogP contribution in [0.3, 0.4) is 0 Å². The third-order valence-corrected chi connectivity index (χ3v) is 5.84. The fourth-order valence-electron chi connectivity index (χ4n) is 3.81. The molecule has 34 heavy (non-hydrogen) atoms. The van der Waals surface area contributed by atoms with Gasteiger partial charge >= 0.3 is 6.18 Å². The molecule has 1 atom stereocenters. The lowest BCUT2D eigenvalue weighted by Gasteiger charge is -2.18. The van der Waals surface area contributed by atoms with Gasteiger partial charge in [-0.2, -0.15) is 13.2 Å². The van der Waals surface area contributed by atoms with E-state index in [1.807, 2.05) is 36.7 Å². The Bertz CT molecular complexity index is 1310. The molecular formula is C25H25F3N4O2. The Labute approximate surface area is 194 Å². The van der Waals surface area contributed by atoms with Crippen molar-refractivity contribution in [2.45, 2.75) is 45.5 Å². The maximum absolute atomic E-state index is 13.2. The van der Waals surface area contributed by atoms with Gasteiger partial charge in [0.15, 0.2) is 0 Å². The molecule has 0 saturated carbocycles. The van der Waals surface area contributed by atoms with E-state index >= 15 is 0 Å². The topological polar surface area (TPSA) is 86.2 Å². The summed E-state index contributed by atoms with van der Waals surface area (Å²) in [6.07, 6.45) is -0.966. The van der Waals surface area contributed by atoms with Crippen LogP contribution in [0.5, 0.6) is 11.5 Å². The predicted octanol–water partition coefficient (Wildman–Crippen LogP) is 6.21. The molecule has 2 aromatic heterocycles. The number of nitrogens with two attached hydrogens (primary N) is 1. The summed E-state index contributed by atoms with van der Waals surface area (Å²) in [7, 11) is 0. The number of halogens is 3. The summed E-state index contributed by atoms with van der Waals surface area (Å²) in [5.74, 6) is -0.677. The molecule has 3 N–H and O–H groups in total. The van der Waals surface area contributed by atoms with Crippen molar-refractivity contribution in [2.24, 2.45) is 0 Å². The molecule has 2 aromatic carbocycles. The third-order valence-electron chi connectivity index (χ3n) is 5.84. The van der Waals surface area contributed by atoms with Gasteiger partial charge in [0.1, 0.15) is 29.3 Å². The van der Waals surface area contributed by atoms with E-state index in [-0.39, 0.29) is 24.0 Å². The number of anilines is 1. The highest BCUT2D eigenvalue weighted by molar-refractivity contribution is 6.00. The van der Waals surface area contributed by atoms with Crippen LogP contribution in [0.1, 0.15) is 43.9 Å². The quantitative estimate of drug-likeness (QED) is 0.350. The number of rotatable bonds is 6. The standard InChI is InChI=1S/C25H25F3N4O2/c1-14(2)32-11-20(22-23(29)30-13-31-24(22)32)16-6-8-19(9-7-16)34-21-10-17(4-5-18(21)12-33)15(3)25(26,27)28/h4-11,13-15,33H,12H2,1-3H3,(H2,29,30,31). The number of aromatic nitrogens is 3. The highest BCUT2D eigenvalue weighted by Crippen LogP contribution is 2.38. The lowest BCUT2D eigenvalue weighted by atomic mass is 9.98. The van der Waals surface area contributed by atoms with Crippen molar-refractivity contribution in [2.75, 3.05) is 5.73 Å². The van der Waals surface area contributed by atoms with Crippen LogP contribution in [0.15, 0.2) is 55.0 Å². The van der Waals surface area contributed by atoms with Gasteiger partial charge in [-0.05, 0) is 50.1 Å². The molecule has 0 aliphatic carbocycles. The average Bonchev–Trinajstić information content (AvgIpc) is 3.20. The van der Waals surface area contributed by atoms with E-state index < -0.39 is 12.1 Å². The number of ether oxygens (including phenoxy) is 1. The molecule has 0 spiro atoms. The van der Waals surface area contributed by atoms with Crippen LogP contribution in [-0.2, 0) is 6.61 Å². The summed E-state index contributed by atoms with van der Waals surface area (Å²) < 4.78 is 47.4. The van der Waals surface area contributed by atoms with Crippen molar-refractivity contribution in [1.29, 1.82) is 0 Å². The van der Waals surface area contributed by atoms with Gasteiger partial charge in [-0.1, -0.05) is 24.3 Å². The summed E-state index contributed by atoms with van der Waals surface area (Å²) in [6, 6.07) is 11.4. The van der Waals surface area contributed by atoms with Crippen molar-refractivity contribution in [3.63, 3.8) is 0 Å². The van der Waals surface area contributed by atoms with Crippen molar-refractivity contribution < 1.29 is 23.0 Å². The molecule has 9 heteroatoms. The Morgan fingerprint density at radius 3 is 2.38 bits per heavy atom. The second-order valence-electron chi connectivity index (χ2n) is 8.42. The summed E-state index contributed by atoms with van der Waals surface area (Å²) in [6.45, 7) is 4.83. The van der Waals surface area contributed by atoms with Crippen LogP contribution in [0.4, 0.5) is 19.0 Å². The minimum atomic E-state index is -4.37. The zero-order valence-electron chi connectivity index (χ0n) is 19.0. The maximum Gasteiger partial charge on any atom is 0.395 e.